The molecule has 0 N–H and O–H groups in total. The fourth-order valence-electron chi connectivity index (χ4n) is 1.22. The summed E-state index contributed by atoms with van der Waals surface area (Å²) in [6.45, 7) is 0. The van der Waals surface area contributed by atoms with Gasteiger partial charge in [-0.05, 0) is 23.1 Å². The highest BCUT2D eigenvalue weighted by Crippen LogP contribution is 2.34. The van der Waals surface area contributed by atoms with E-state index in [4.69, 9.17) is 23.2 Å². The van der Waals surface area contributed by atoms with Gasteiger partial charge in [-0.25, -0.2) is 4.39 Å². The molecule has 13 heavy (non-hydrogen) atoms. The summed E-state index contributed by atoms with van der Waals surface area (Å²) in [4.78, 5) is 0. The van der Waals surface area contributed by atoms with Gasteiger partial charge in [0, 0.05) is 16.0 Å². The molecule has 0 saturated heterocycles. The van der Waals surface area contributed by atoms with Crippen LogP contribution in [-0.4, -0.2) is 0 Å². The zero-order valence-corrected chi connectivity index (χ0v) is 8.81. The molecule has 2 rings (SSSR count). The van der Waals surface area contributed by atoms with E-state index in [0.717, 1.165) is 15.6 Å². The lowest BCUT2D eigenvalue weighted by atomic mass is 10.2. The summed E-state index contributed by atoms with van der Waals surface area (Å²) in [5.41, 5.74) is 0.895. The maximum absolute atomic E-state index is 13.1. The fourth-order valence-corrected chi connectivity index (χ4v) is 2.83. The Labute approximate surface area is 88.9 Å². The molecule has 0 aliphatic carbocycles. The molecule has 0 fully saturated rings. The van der Waals surface area contributed by atoms with E-state index in [2.05, 4.69) is 0 Å². The van der Waals surface area contributed by atoms with Crippen LogP contribution in [0.25, 0.3) is 10.1 Å². The molecule has 0 radical (unpaired) electrons. The summed E-state index contributed by atoms with van der Waals surface area (Å²) in [7, 11) is 0. The molecule has 1 heterocycles. The molecule has 4 heteroatoms. The number of hydrogen-bond donors (Lipinski definition) is 0. The summed E-state index contributed by atoms with van der Waals surface area (Å²) in [5, 5.41) is 2.83. The summed E-state index contributed by atoms with van der Waals surface area (Å²) in [6.07, 6.45) is 0. The van der Waals surface area contributed by atoms with Crippen LogP contribution >= 0.6 is 34.5 Å². The minimum atomic E-state index is -0.390. The second-order valence-electron chi connectivity index (χ2n) is 2.63. The van der Waals surface area contributed by atoms with Gasteiger partial charge in [-0.15, -0.1) is 22.9 Å². The quantitative estimate of drug-likeness (QED) is 0.641. The van der Waals surface area contributed by atoms with Crippen molar-refractivity contribution in [2.24, 2.45) is 0 Å². The lowest BCUT2D eigenvalue weighted by Gasteiger charge is -1.97. The highest BCUT2D eigenvalue weighted by atomic mass is 35.5. The van der Waals surface area contributed by atoms with E-state index in [1.807, 2.05) is 5.38 Å². The van der Waals surface area contributed by atoms with Crippen LogP contribution in [0.15, 0.2) is 17.5 Å². The summed E-state index contributed by atoms with van der Waals surface area (Å²) < 4.78 is 14.0. The number of rotatable bonds is 1. The molecule has 0 amide bonds. The maximum Gasteiger partial charge on any atom is 0.142 e. The summed E-state index contributed by atoms with van der Waals surface area (Å²) in [6, 6.07) is 3.09. The summed E-state index contributed by atoms with van der Waals surface area (Å²) in [5.74, 6) is -0.0256. The van der Waals surface area contributed by atoms with Crippen LogP contribution in [-0.2, 0) is 5.88 Å². The van der Waals surface area contributed by atoms with Gasteiger partial charge < -0.3 is 0 Å². The standard InChI is InChI=1S/C9H5Cl2FS/c10-3-5-4-13-7-2-1-6(12)9(11)8(5)7/h1-2,4H,3H2. The number of alkyl halides is 1. The number of halogens is 3. The van der Waals surface area contributed by atoms with Crippen molar-refractivity contribution >= 4 is 44.6 Å². The van der Waals surface area contributed by atoms with Gasteiger partial charge in [-0.2, -0.15) is 0 Å². The Bertz CT molecular complexity index is 450. The molecule has 2 aromatic rings. The van der Waals surface area contributed by atoms with Gasteiger partial charge in [0.1, 0.15) is 5.82 Å². The largest absolute Gasteiger partial charge is 0.205 e. The van der Waals surface area contributed by atoms with Crippen LogP contribution < -0.4 is 0 Å². The average molecular weight is 235 g/mol. The van der Waals surface area contributed by atoms with Crippen molar-refractivity contribution in [2.45, 2.75) is 5.88 Å². The number of benzene rings is 1. The smallest absolute Gasteiger partial charge is 0.142 e. The van der Waals surface area contributed by atoms with Gasteiger partial charge in [-0.1, -0.05) is 11.6 Å². The second kappa shape index (κ2) is 3.45. The van der Waals surface area contributed by atoms with Crippen molar-refractivity contribution in [2.75, 3.05) is 0 Å². The minimum absolute atomic E-state index is 0.175. The zero-order chi connectivity index (χ0) is 9.42. The van der Waals surface area contributed by atoms with Crippen molar-refractivity contribution in [3.63, 3.8) is 0 Å². The van der Waals surface area contributed by atoms with Crippen LogP contribution in [0, 0.1) is 5.82 Å². The average Bonchev–Trinajstić information content (AvgIpc) is 2.55. The van der Waals surface area contributed by atoms with E-state index in [9.17, 15) is 4.39 Å². The Kier molecular flexibility index (Phi) is 2.45. The molecule has 0 nitrogen and oxygen atoms in total. The third-order valence-electron chi connectivity index (χ3n) is 1.85. The molecule has 1 aromatic heterocycles. The van der Waals surface area contributed by atoms with Crippen molar-refractivity contribution in [1.29, 1.82) is 0 Å². The molecule has 0 spiro atoms. The van der Waals surface area contributed by atoms with Crippen molar-refractivity contribution in [1.82, 2.24) is 0 Å². The Morgan fingerprint density at radius 1 is 1.38 bits per heavy atom. The van der Waals surface area contributed by atoms with Crippen molar-refractivity contribution < 1.29 is 4.39 Å². The minimum Gasteiger partial charge on any atom is -0.205 e. The number of thiophene rings is 1. The number of fused-ring (bicyclic) bond motifs is 1. The van der Waals surface area contributed by atoms with E-state index < -0.39 is 0 Å². The first-order valence-electron chi connectivity index (χ1n) is 3.64. The molecule has 0 unspecified atom stereocenters. The Morgan fingerprint density at radius 3 is 2.85 bits per heavy atom. The van der Waals surface area contributed by atoms with Gasteiger partial charge in [-0.3, -0.25) is 0 Å². The van der Waals surface area contributed by atoms with Crippen LogP contribution in [0.4, 0.5) is 4.39 Å². The first kappa shape index (κ1) is 9.25. The lowest BCUT2D eigenvalue weighted by Crippen LogP contribution is -1.79. The summed E-state index contributed by atoms with van der Waals surface area (Å²) >= 11 is 13.0. The monoisotopic (exact) mass is 234 g/mol. The van der Waals surface area contributed by atoms with Crippen LogP contribution in [0.5, 0.6) is 0 Å². The van der Waals surface area contributed by atoms with Crippen molar-refractivity contribution in [3.8, 4) is 0 Å². The highest BCUT2D eigenvalue weighted by molar-refractivity contribution is 7.17. The first-order chi connectivity index (χ1) is 6.24. The van der Waals surface area contributed by atoms with E-state index in [1.165, 1.54) is 17.4 Å². The van der Waals surface area contributed by atoms with Crippen molar-refractivity contribution in [3.05, 3.63) is 33.9 Å². The molecule has 68 valence electrons. The van der Waals surface area contributed by atoms with E-state index in [1.54, 1.807) is 6.07 Å². The predicted octanol–water partition coefficient (Wildman–Crippen LogP) is 4.43. The van der Waals surface area contributed by atoms with E-state index in [-0.39, 0.29) is 10.8 Å². The number of hydrogen-bond acceptors (Lipinski definition) is 1. The molecule has 0 saturated carbocycles. The van der Waals surface area contributed by atoms with Crippen LogP contribution in [0.1, 0.15) is 5.56 Å². The van der Waals surface area contributed by atoms with Gasteiger partial charge in [0.05, 0.1) is 5.02 Å². The molecule has 0 bridgehead atoms. The molecule has 1 aromatic carbocycles. The normalized spacial score (nSPS) is 11.0. The second-order valence-corrected chi connectivity index (χ2v) is 4.19. The fraction of sp³-hybridized carbons (Fsp3) is 0.111. The van der Waals surface area contributed by atoms with Crippen LogP contribution in [0.3, 0.4) is 0 Å². The Morgan fingerprint density at radius 2 is 2.15 bits per heavy atom. The molecular weight excluding hydrogens is 230 g/mol. The van der Waals surface area contributed by atoms with Gasteiger partial charge in [0.15, 0.2) is 0 Å². The maximum atomic E-state index is 13.1. The first-order valence-corrected chi connectivity index (χ1v) is 5.43. The molecular formula is C9H5Cl2FS. The third kappa shape index (κ3) is 1.43. The topological polar surface area (TPSA) is 0 Å². The van der Waals surface area contributed by atoms with Gasteiger partial charge in [0.25, 0.3) is 0 Å². The van der Waals surface area contributed by atoms with Gasteiger partial charge >= 0.3 is 0 Å². The Hall–Kier alpha value is -0.310. The lowest BCUT2D eigenvalue weighted by molar-refractivity contribution is 0.630. The molecule has 0 atom stereocenters. The molecule has 0 aliphatic rings. The zero-order valence-electron chi connectivity index (χ0n) is 6.48. The van der Waals surface area contributed by atoms with E-state index in [0.29, 0.717) is 5.88 Å². The predicted molar refractivity (Wildman–Crippen MR) is 56.4 cm³/mol. The molecule has 0 aliphatic heterocycles. The highest BCUT2D eigenvalue weighted by Gasteiger charge is 2.10. The SMILES string of the molecule is Fc1ccc2scc(CCl)c2c1Cl. The van der Waals surface area contributed by atoms with E-state index >= 15 is 0 Å². The Balaban J connectivity index is 2.85. The third-order valence-corrected chi connectivity index (χ3v) is 3.50. The van der Waals surface area contributed by atoms with Gasteiger partial charge in [0.2, 0.25) is 0 Å². The van der Waals surface area contributed by atoms with Crippen LogP contribution in [0.2, 0.25) is 5.02 Å².